The number of hydrogen-bond acceptors (Lipinski definition) is 3. The van der Waals surface area contributed by atoms with Crippen LogP contribution in [-0.2, 0) is 0 Å². The van der Waals surface area contributed by atoms with Gasteiger partial charge in [-0.05, 0) is 67.1 Å². The number of para-hydroxylation sites is 5. The number of H-pyrrole nitrogens is 1. The maximum atomic E-state index is 13.8. The second-order valence-electron chi connectivity index (χ2n) is 7.91. The average molecular weight is 433 g/mol. The summed E-state index contributed by atoms with van der Waals surface area (Å²) in [5, 5.41) is 0. The Labute approximate surface area is 189 Å². The smallest absolute Gasteiger partial charge is 0.222 e. The Morgan fingerprint density at radius 3 is 2.24 bits per heavy atom. The molecule has 0 radical (unpaired) electrons. The molecule has 0 saturated heterocycles. The number of aromatic amines is 1. The number of aromatic nitrogens is 4. The van der Waals surface area contributed by atoms with E-state index in [1.54, 1.807) is 12.1 Å². The van der Waals surface area contributed by atoms with Crippen molar-refractivity contribution in [2.24, 2.45) is 0 Å². The molecule has 6 rings (SSSR count). The molecule has 33 heavy (non-hydrogen) atoms. The minimum Gasteiger partial charge on any atom is -0.323 e. The van der Waals surface area contributed by atoms with Crippen LogP contribution >= 0.6 is 0 Å². The third kappa shape index (κ3) is 3.24. The molecule has 0 spiro atoms. The molecule has 0 atom stereocenters. The van der Waals surface area contributed by atoms with Crippen LogP contribution in [0.2, 0.25) is 0 Å². The normalized spacial score (nSPS) is 11.3. The Hall–Kier alpha value is -4.45. The zero-order valence-electron chi connectivity index (χ0n) is 17.9. The number of aryl methyl sites for hydroxylation is 1. The first kappa shape index (κ1) is 19.3. The van der Waals surface area contributed by atoms with Crippen LogP contribution in [0, 0.1) is 12.7 Å². The van der Waals surface area contributed by atoms with E-state index in [1.165, 1.54) is 12.1 Å². The van der Waals surface area contributed by atoms with Crippen LogP contribution in [0.1, 0.15) is 5.56 Å². The number of anilines is 3. The van der Waals surface area contributed by atoms with Crippen LogP contribution in [0.4, 0.5) is 22.0 Å². The number of rotatable bonds is 4. The van der Waals surface area contributed by atoms with Crippen molar-refractivity contribution in [2.75, 3.05) is 4.90 Å². The molecule has 4 aromatic carbocycles. The van der Waals surface area contributed by atoms with Gasteiger partial charge in [0.05, 0.1) is 33.4 Å². The topological polar surface area (TPSA) is 49.7 Å². The van der Waals surface area contributed by atoms with Gasteiger partial charge in [-0.25, -0.2) is 19.3 Å². The molecule has 6 aromatic rings. The van der Waals surface area contributed by atoms with Crippen molar-refractivity contribution in [1.82, 2.24) is 19.5 Å². The molecule has 0 saturated carbocycles. The fourth-order valence-electron chi connectivity index (χ4n) is 4.18. The first-order valence-electron chi connectivity index (χ1n) is 10.7. The van der Waals surface area contributed by atoms with Gasteiger partial charge in [-0.2, -0.15) is 0 Å². The SMILES string of the molecule is Cc1ccccc1-n1c(N(c2ccc(F)cc2)c2nc3ccccc3[nH]2)nc2ccccc21. The fourth-order valence-corrected chi connectivity index (χ4v) is 4.18. The highest BCUT2D eigenvalue weighted by molar-refractivity contribution is 5.87. The molecule has 0 aliphatic rings. The summed E-state index contributed by atoms with van der Waals surface area (Å²) in [4.78, 5) is 15.2. The molecule has 0 bridgehead atoms. The first-order chi connectivity index (χ1) is 16.2. The van der Waals surface area contributed by atoms with E-state index in [0.717, 1.165) is 39.0 Å². The van der Waals surface area contributed by atoms with Gasteiger partial charge in [0.2, 0.25) is 11.9 Å². The Morgan fingerprint density at radius 1 is 0.758 bits per heavy atom. The third-order valence-corrected chi connectivity index (χ3v) is 5.77. The van der Waals surface area contributed by atoms with Gasteiger partial charge >= 0.3 is 0 Å². The zero-order valence-corrected chi connectivity index (χ0v) is 17.9. The van der Waals surface area contributed by atoms with E-state index >= 15 is 0 Å². The summed E-state index contributed by atoms with van der Waals surface area (Å²) in [5.41, 5.74) is 6.48. The molecule has 160 valence electrons. The van der Waals surface area contributed by atoms with Gasteiger partial charge in [0.1, 0.15) is 5.82 Å². The molecule has 0 aliphatic heterocycles. The van der Waals surface area contributed by atoms with Gasteiger partial charge in [0.25, 0.3) is 0 Å². The number of nitrogens with zero attached hydrogens (tertiary/aromatic N) is 4. The number of benzene rings is 4. The summed E-state index contributed by atoms with van der Waals surface area (Å²) < 4.78 is 16.0. The van der Waals surface area contributed by atoms with Crippen molar-refractivity contribution in [3.8, 4) is 5.69 Å². The molecule has 0 aliphatic carbocycles. The number of fused-ring (bicyclic) bond motifs is 2. The summed E-state index contributed by atoms with van der Waals surface area (Å²) in [6, 6.07) is 30.5. The number of nitrogens with one attached hydrogen (secondary N) is 1. The van der Waals surface area contributed by atoms with Crippen molar-refractivity contribution in [3.63, 3.8) is 0 Å². The Balaban J connectivity index is 1.68. The van der Waals surface area contributed by atoms with Crippen molar-refractivity contribution < 1.29 is 4.39 Å². The highest BCUT2D eigenvalue weighted by Gasteiger charge is 2.24. The molecular formula is C27H20FN5. The minimum absolute atomic E-state index is 0.296. The van der Waals surface area contributed by atoms with Crippen molar-refractivity contribution in [3.05, 3.63) is 108 Å². The van der Waals surface area contributed by atoms with Crippen molar-refractivity contribution >= 4 is 39.7 Å². The second-order valence-corrected chi connectivity index (χ2v) is 7.91. The second kappa shape index (κ2) is 7.60. The summed E-state index contributed by atoms with van der Waals surface area (Å²) in [6.45, 7) is 2.08. The monoisotopic (exact) mass is 433 g/mol. The van der Waals surface area contributed by atoms with Crippen LogP contribution in [-0.4, -0.2) is 19.5 Å². The van der Waals surface area contributed by atoms with E-state index in [0.29, 0.717) is 11.9 Å². The van der Waals surface area contributed by atoms with E-state index in [9.17, 15) is 4.39 Å². The van der Waals surface area contributed by atoms with Gasteiger partial charge in [0, 0.05) is 0 Å². The fraction of sp³-hybridized carbons (Fsp3) is 0.0370. The first-order valence-corrected chi connectivity index (χ1v) is 10.7. The largest absolute Gasteiger partial charge is 0.323 e. The maximum absolute atomic E-state index is 13.8. The molecular weight excluding hydrogens is 413 g/mol. The van der Waals surface area contributed by atoms with Crippen LogP contribution in [0.25, 0.3) is 27.8 Å². The van der Waals surface area contributed by atoms with E-state index in [2.05, 4.69) is 34.7 Å². The maximum Gasteiger partial charge on any atom is 0.222 e. The van der Waals surface area contributed by atoms with Crippen LogP contribution in [0.15, 0.2) is 97.1 Å². The molecule has 2 aromatic heterocycles. The van der Waals surface area contributed by atoms with E-state index in [-0.39, 0.29) is 5.82 Å². The minimum atomic E-state index is -0.296. The summed E-state index contributed by atoms with van der Waals surface area (Å²) in [6.07, 6.45) is 0. The van der Waals surface area contributed by atoms with E-state index in [1.807, 2.05) is 59.5 Å². The molecule has 5 nitrogen and oxygen atoms in total. The lowest BCUT2D eigenvalue weighted by Crippen LogP contribution is -2.17. The highest BCUT2D eigenvalue weighted by atomic mass is 19.1. The van der Waals surface area contributed by atoms with Gasteiger partial charge in [-0.1, -0.05) is 42.5 Å². The molecule has 6 heteroatoms. The number of hydrogen-bond donors (Lipinski definition) is 1. The van der Waals surface area contributed by atoms with E-state index in [4.69, 9.17) is 9.97 Å². The molecule has 1 N–H and O–H groups in total. The lowest BCUT2D eigenvalue weighted by Gasteiger charge is -2.23. The molecule has 2 heterocycles. The highest BCUT2D eigenvalue weighted by Crippen LogP contribution is 2.37. The predicted octanol–water partition coefficient (Wildman–Crippen LogP) is 6.82. The van der Waals surface area contributed by atoms with Crippen molar-refractivity contribution in [2.45, 2.75) is 6.92 Å². The van der Waals surface area contributed by atoms with Gasteiger partial charge in [0.15, 0.2) is 0 Å². The van der Waals surface area contributed by atoms with Crippen LogP contribution in [0.3, 0.4) is 0 Å². The van der Waals surface area contributed by atoms with Gasteiger partial charge < -0.3 is 4.98 Å². The lowest BCUT2D eigenvalue weighted by molar-refractivity contribution is 0.628. The number of imidazole rings is 2. The van der Waals surface area contributed by atoms with E-state index < -0.39 is 0 Å². The lowest BCUT2D eigenvalue weighted by atomic mass is 10.2. The van der Waals surface area contributed by atoms with Crippen molar-refractivity contribution in [1.29, 1.82) is 0 Å². The van der Waals surface area contributed by atoms with Crippen LogP contribution in [0.5, 0.6) is 0 Å². The predicted molar refractivity (Wildman–Crippen MR) is 130 cm³/mol. The summed E-state index contributed by atoms with van der Waals surface area (Å²) in [7, 11) is 0. The molecule has 0 unspecified atom stereocenters. The average Bonchev–Trinajstić information content (AvgIpc) is 3.42. The van der Waals surface area contributed by atoms with Gasteiger partial charge in [-0.15, -0.1) is 0 Å². The zero-order chi connectivity index (χ0) is 22.4. The summed E-state index contributed by atoms with van der Waals surface area (Å²) in [5.74, 6) is 0.972. The Bertz CT molecular complexity index is 1560. The molecule has 0 amide bonds. The van der Waals surface area contributed by atoms with Gasteiger partial charge in [-0.3, -0.25) is 4.57 Å². The Kier molecular flexibility index (Phi) is 4.43. The third-order valence-electron chi connectivity index (χ3n) is 5.77. The quantitative estimate of drug-likeness (QED) is 0.332. The number of halogens is 1. The molecule has 0 fully saturated rings. The summed E-state index contributed by atoms with van der Waals surface area (Å²) >= 11 is 0. The standard InChI is InChI=1S/C27H20FN5/c1-18-8-2-6-12-24(18)33-25-13-7-5-11-23(25)31-27(33)32(20-16-14-19(28)15-17-20)26-29-21-9-3-4-10-22(21)30-26/h2-17H,1H3,(H,29,30). The Morgan fingerprint density at radius 2 is 1.45 bits per heavy atom. The van der Waals surface area contributed by atoms with Crippen LogP contribution < -0.4 is 4.90 Å².